The lowest BCUT2D eigenvalue weighted by Gasteiger charge is -2.18. The number of methoxy groups -OCH3 is 1. The van der Waals surface area contributed by atoms with Crippen LogP contribution in [0.15, 0.2) is 30.3 Å². The number of carbonyl (C=O) groups is 2. The SMILES string of the molecule is CCOc1ccccc1/C=C/C(=O)N[C@H](C(=O)OC)C(C)C. The molecule has 0 aromatic heterocycles. The van der Waals surface area contributed by atoms with Gasteiger partial charge in [0.1, 0.15) is 11.8 Å². The lowest BCUT2D eigenvalue weighted by molar-refractivity contribution is -0.145. The van der Waals surface area contributed by atoms with E-state index in [0.29, 0.717) is 12.4 Å². The first-order valence-electron chi connectivity index (χ1n) is 7.27. The van der Waals surface area contributed by atoms with E-state index >= 15 is 0 Å². The molecule has 1 aromatic rings. The van der Waals surface area contributed by atoms with Crippen molar-refractivity contribution in [3.05, 3.63) is 35.9 Å². The van der Waals surface area contributed by atoms with Crippen LogP contribution < -0.4 is 10.1 Å². The molecule has 1 aromatic carbocycles. The van der Waals surface area contributed by atoms with Gasteiger partial charge in [-0.2, -0.15) is 0 Å². The van der Waals surface area contributed by atoms with Gasteiger partial charge in [0, 0.05) is 11.6 Å². The summed E-state index contributed by atoms with van der Waals surface area (Å²) in [7, 11) is 1.30. The average Bonchev–Trinajstić information content (AvgIpc) is 2.51. The maximum Gasteiger partial charge on any atom is 0.328 e. The molecule has 0 bridgehead atoms. The summed E-state index contributed by atoms with van der Waals surface area (Å²) in [5.41, 5.74) is 0.804. The van der Waals surface area contributed by atoms with Crippen LogP contribution in [0.1, 0.15) is 26.3 Å². The number of hydrogen-bond acceptors (Lipinski definition) is 4. The fraction of sp³-hybridized carbons (Fsp3) is 0.412. The average molecular weight is 305 g/mol. The number of nitrogens with one attached hydrogen (secondary N) is 1. The van der Waals surface area contributed by atoms with Gasteiger partial charge in [-0.15, -0.1) is 0 Å². The molecule has 0 saturated heterocycles. The molecule has 0 unspecified atom stereocenters. The highest BCUT2D eigenvalue weighted by Crippen LogP contribution is 2.19. The Bertz CT molecular complexity index is 537. The zero-order chi connectivity index (χ0) is 16.5. The largest absolute Gasteiger partial charge is 0.493 e. The third kappa shape index (κ3) is 5.24. The number of benzene rings is 1. The van der Waals surface area contributed by atoms with Crippen molar-refractivity contribution in [2.24, 2.45) is 5.92 Å². The van der Waals surface area contributed by atoms with Crippen molar-refractivity contribution in [3.63, 3.8) is 0 Å². The van der Waals surface area contributed by atoms with Crippen molar-refractivity contribution in [2.75, 3.05) is 13.7 Å². The van der Waals surface area contributed by atoms with Crippen LogP contribution in [-0.4, -0.2) is 31.6 Å². The van der Waals surface area contributed by atoms with Crippen LogP contribution in [0, 0.1) is 5.92 Å². The Labute approximate surface area is 131 Å². The maximum absolute atomic E-state index is 12.0. The van der Waals surface area contributed by atoms with Crippen molar-refractivity contribution in [3.8, 4) is 5.75 Å². The summed E-state index contributed by atoms with van der Waals surface area (Å²) < 4.78 is 10.2. The summed E-state index contributed by atoms with van der Waals surface area (Å²) in [5.74, 6) is -0.148. The zero-order valence-corrected chi connectivity index (χ0v) is 13.5. The molecule has 22 heavy (non-hydrogen) atoms. The second kappa shape index (κ2) is 8.87. The predicted octanol–water partition coefficient (Wildman–Crippen LogP) is 2.41. The first kappa shape index (κ1) is 17.8. The first-order chi connectivity index (χ1) is 10.5. The highest BCUT2D eigenvalue weighted by atomic mass is 16.5. The second-order valence-electron chi connectivity index (χ2n) is 5.06. The van der Waals surface area contributed by atoms with Crippen LogP contribution in [-0.2, 0) is 14.3 Å². The lowest BCUT2D eigenvalue weighted by Crippen LogP contribution is -2.44. The highest BCUT2D eigenvalue weighted by Gasteiger charge is 2.23. The maximum atomic E-state index is 12.0. The lowest BCUT2D eigenvalue weighted by atomic mass is 10.0. The van der Waals surface area contributed by atoms with Gasteiger partial charge < -0.3 is 14.8 Å². The first-order valence-corrected chi connectivity index (χ1v) is 7.27. The third-order valence-corrected chi connectivity index (χ3v) is 3.05. The Morgan fingerprint density at radius 3 is 2.55 bits per heavy atom. The van der Waals surface area contributed by atoms with Crippen LogP contribution in [0.25, 0.3) is 6.08 Å². The molecule has 1 amide bonds. The molecule has 0 heterocycles. The molecule has 0 saturated carbocycles. The van der Waals surface area contributed by atoms with Gasteiger partial charge in [-0.3, -0.25) is 4.79 Å². The quantitative estimate of drug-likeness (QED) is 0.620. The van der Waals surface area contributed by atoms with Gasteiger partial charge in [0.2, 0.25) is 5.91 Å². The van der Waals surface area contributed by atoms with E-state index in [1.54, 1.807) is 6.08 Å². The summed E-state index contributed by atoms with van der Waals surface area (Å²) >= 11 is 0. The topological polar surface area (TPSA) is 64.6 Å². The highest BCUT2D eigenvalue weighted by molar-refractivity contribution is 5.94. The summed E-state index contributed by atoms with van der Waals surface area (Å²) in [6.45, 7) is 6.14. The summed E-state index contributed by atoms with van der Waals surface area (Å²) in [5, 5.41) is 2.65. The standard InChI is InChI=1S/C17H23NO4/c1-5-22-14-9-7-6-8-13(14)10-11-15(19)18-16(12(2)3)17(20)21-4/h6-12,16H,5H2,1-4H3,(H,18,19)/b11-10+/t16-/m0/s1. The van der Waals surface area contributed by atoms with Crippen molar-refractivity contribution in [2.45, 2.75) is 26.8 Å². The van der Waals surface area contributed by atoms with Crippen molar-refractivity contribution < 1.29 is 19.1 Å². The van der Waals surface area contributed by atoms with E-state index in [2.05, 4.69) is 5.32 Å². The van der Waals surface area contributed by atoms with E-state index in [9.17, 15) is 9.59 Å². The molecule has 1 N–H and O–H groups in total. The van der Waals surface area contributed by atoms with E-state index < -0.39 is 12.0 Å². The fourth-order valence-electron chi connectivity index (χ4n) is 1.90. The van der Waals surface area contributed by atoms with E-state index in [4.69, 9.17) is 9.47 Å². The summed E-state index contributed by atoms with van der Waals surface area (Å²) in [6, 6.07) is 6.77. The molecule has 0 fully saturated rings. The minimum atomic E-state index is -0.663. The Morgan fingerprint density at radius 2 is 1.95 bits per heavy atom. The number of para-hydroxylation sites is 1. The normalized spacial score (nSPS) is 12.2. The van der Waals surface area contributed by atoms with Gasteiger partial charge in [-0.25, -0.2) is 4.79 Å². The Hall–Kier alpha value is -2.30. The Kier molecular flexibility index (Phi) is 7.16. The van der Waals surface area contributed by atoms with Gasteiger partial charge in [0.15, 0.2) is 0 Å². The molecule has 1 rings (SSSR count). The number of hydrogen-bond donors (Lipinski definition) is 1. The van der Waals surface area contributed by atoms with E-state index in [0.717, 1.165) is 5.56 Å². The van der Waals surface area contributed by atoms with Gasteiger partial charge in [0.05, 0.1) is 13.7 Å². The Balaban J connectivity index is 2.77. The summed E-state index contributed by atoms with van der Waals surface area (Å²) in [6.07, 6.45) is 3.05. The molecule has 0 spiro atoms. The summed E-state index contributed by atoms with van der Waals surface area (Å²) in [4.78, 5) is 23.6. The minimum Gasteiger partial charge on any atom is -0.493 e. The molecular formula is C17H23NO4. The van der Waals surface area contributed by atoms with E-state index in [1.807, 2.05) is 45.0 Å². The molecule has 0 radical (unpaired) electrons. The van der Waals surface area contributed by atoms with Crippen molar-refractivity contribution >= 4 is 18.0 Å². The smallest absolute Gasteiger partial charge is 0.328 e. The fourth-order valence-corrected chi connectivity index (χ4v) is 1.90. The van der Waals surface area contributed by atoms with Crippen LogP contribution >= 0.6 is 0 Å². The van der Waals surface area contributed by atoms with Gasteiger partial charge in [-0.1, -0.05) is 32.0 Å². The van der Waals surface area contributed by atoms with Gasteiger partial charge >= 0.3 is 5.97 Å². The number of rotatable bonds is 7. The minimum absolute atomic E-state index is 0.0551. The zero-order valence-electron chi connectivity index (χ0n) is 13.5. The molecule has 0 aliphatic rings. The van der Waals surface area contributed by atoms with E-state index in [-0.39, 0.29) is 11.8 Å². The van der Waals surface area contributed by atoms with Gasteiger partial charge in [0.25, 0.3) is 0 Å². The van der Waals surface area contributed by atoms with Crippen LogP contribution in [0.3, 0.4) is 0 Å². The molecule has 0 aliphatic carbocycles. The third-order valence-electron chi connectivity index (χ3n) is 3.05. The number of esters is 1. The van der Waals surface area contributed by atoms with E-state index in [1.165, 1.54) is 13.2 Å². The van der Waals surface area contributed by atoms with Crippen LogP contribution in [0.2, 0.25) is 0 Å². The molecule has 120 valence electrons. The molecule has 5 nitrogen and oxygen atoms in total. The molecule has 0 aliphatic heterocycles. The van der Waals surface area contributed by atoms with Crippen molar-refractivity contribution in [1.82, 2.24) is 5.32 Å². The van der Waals surface area contributed by atoms with Gasteiger partial charge in [-0.05, 0) is 25.0 Å². The number of amides is 1. The second-order valence-corrected chi connectivity index (χ2v) is 5.06. The molecular weight excluding hydrogens is 282 g/mol. The predicted molar refractivity (Wildman–Crippen MR) is 85.4 cm³/mol. The van der Waals surface area contributed by atoms with Crippen molar-refractivity contribution in [1.29, 1.82) is 0 Å². The van der Waals surface area contributed by atoms with Crippen LogP contribution in [0.5, 0.6) is 5.75 Å². The Morgan fingerprint density at radius 1 is 1.27 bits per heavy atom. The molecule has 5 heteroatoms. The monoisotopic (exact) mass is 305 g/mol. The molecule has 1 atom stereocenters. The van der Waals surface area contributed by atoms with Crippen LogP contribution in [0.4, 0.5) is 0 Å². The number of ether oxygens (including phenoxy) is 2. The number of carbonyl (C=O) groups excluding carboxylic acids is 2.